The standard InChI is InChI=1S/C16H33N3O2/c1-14(2)21-13-5-9-18-16(20)17-8-4-10-19-11-6-15(3)7-12-19/h14-15H,4-13H2,1-3H3,(H2,17,18,20). The fourth-order valence-electron chi connectivity index (χ4n) is 2.45. The number of ether oxygens (including phenoxy) is 1. The first-order valence-electron chi connectivity index (χ1n) is 8.43. The second kappa shape index (κ2) is 10.9. The van der Waals surface area contributed by atoms with Crippen molar-refractivity contribution in [2.45, 2.75) is 52.6 Å². The fourth-order valence-corrected chi connectivity index (χ4v) is 2.45. The molecule has 1 rings (SSSR count). The Morgan fingerprint density at radius 3 is 2.43 bits per heavy atom. The minimum atomic E-state index is -0.0631. The number of nitrogens with zero attached hydrogens (tertiary/aromatic N) is 1. The van der Waals surface area contributed by atoms with Crippen molar-refractivity contribution in [3.05, 3.63) is 0 Å². The Balaban J connectivity index is 1.89. The second-order valence-electron chi connectivity index (χ2n) is 6.33. The number of carbonyl (C=O) groups is 1. The van der Waals surface area contributed by atoms with Crippen LogP contribution in [0.3, 0.4) is 0 Å². The maximum absolute atomic E-state index is 11.6. The maximum atomic E-state index is 11.6. The van der Waals surface area contributed by atoms with Crippen molar-refractivity contribution < 1.29 is 9.53 Å². The number of hydrogen-bond acceptors (Lipinski definition) is 3. The van der Waals surface area contributed by atoms with Crippen LogP contribution in [0.5, 0.6) is 0 Å². The summed E-state index contributed by atoms with van der Waals surface area (Å²) in [6, 6.07) is -0.0631. The molecular weight excluding hydrogens is 266 g/mol. The SMILES string of the molecule is CC1CCN(CCCNC(=O)NCCCOC(C)C)CC1. The molecular formula is C16H33N3O2. The molecule has 5 nitrogen and oxygen atoms in total. The smallest absolute Gasteiger partial charge is 0.314 e. The summed E-state index contributed by atoms with van der Waals surface area (Å²) >= 11 is 0. The molecule has 0 saturated carbocycles. The van der Waals surface area contributed by atoms with Crippen LogP contribution in [0, 0.1) is 5.92 Å². The Hall–Kier alpha value is -0.810. The molecule has 124 valence electrons. The Morgan fingerprint density at radius 2 is 1.81 bits per heavy atom. The molecule has 5 heteroatoms. The average molecular weight is 299 g/mol. The zero-order chi connectivity index (χ0) is 15.5. The van der Waals surface area contributed by atoms with Crippen LogP contribution in [0.1, 0.15) is 46.5 Å². The van der Waals surface area contributed by atoms with Crippen molar-refractivity contribution in [3.8, 4) is 0 Å². The number of piperidine rings is 1. The molecule has 0 aromatic heterocycles. The van der Waals surface area contributed by atoms with Gasteiger partial charge in [-0.2, -0.15) is 0 Å². The summed E-state index contributed by atoms with van der Waals surface area (Å²) in [7, 11) is 0. The van der Waals surface area contributed by atoms with E-state index in [0.717, 1.165) is 31.8 Å². The van der Waals surface area contributed by atoms with Crippen LogP contribution in [0.15, 0.2) is 0 Å². The number of likely N-dealkylation sites (tertiary alicyclic amines) is 1. The fraction of sp³-hybridized carbons (Fsp3) is 0.938. The Morgan fingerprint density at radius 1 is 1.19 bits per heavy atom. The summed E-state index contributed by atoms with van der Waals surface area (Å²) < 4.78 is 5.42. The lowest BCUT2D eigenvalue weighted by Gasteiger charge is -2.30. The lowest BCUT2D eigenvalue weighted by Crippen LogP contribution is -2.39. The highest BCUT2D eigenvalue weighted by molar-refractivity contribution is 5.73. The topological polar surface area (TPSA) is 53.6 Å². The highest BCUT2D eigenvalue weighted by atomic mass is 16.5. The van der Waals surface area contributed by atoms with Crippen LogP contribution in [-0.2, 0) is 4.74 Å². The maximum Gasteiger partial charge on any atom is 0.314 e. The van der Waals surface area contributed by atoms with E-state index in [1.165, 1.54) is 25.9 Å². The minimum absolute atomic E-state index is 0.0631. The third-order valence-corrected chi connectivity index (χ3v) is 3.87. The van der Waals surface area contributed by atoms with Gasteiger partial charge in [-0.15, -0.1) is 0 Å². The highest BCUT2D eigenvalue weighted by Crippen LogP contribution is 2.15. The zero-order valence-corrected chi connectivity index (χ0v) is 14.0. The molecule has 1 fully saturated rings. The number of nitrogens with one attached hydrogen (secondary N) is 2. The number of urea groups is 1. The molecule has 1 aliphatic heterocycles. The molecule has 0 bridgehead atoms. The van der Waals surface area contributed by atoms with E-state index < -0.39 is 0 Å². The van der Waals surface area contributed by atoms with E-state index in [1.807, 2.05) is 13.8 Å². The summed E-state index contributed by atoms with van der Waals surface area (Å²) in [6.07, 6.45) is 4.77. The Labute approximate surface area is 129 Å². The van der Waals surface area contributed by atoms with Gasteiger partial charge in [-0.1, -0.05) is 6.92 Å². The summed E-state index contributed by atoms with van der Waals surface area (Å²) in [5.41, 5.74) is 0. The number of amides is 2. The van der Waals surface area contributed by atoms with Gasteiger partial charge in [-0.25, -0.2) is 4.79 Å². The second-order valence-corrected chi connectivity index (χ2v) is 6.33. The summed E-state index contributed by atoms with van der Waals surface area (Å²) in [5, 5.41) is 5.77. The van der Waals surface area contributed by atoms with Crippen molar-refractivity contribution in [2.24, 2.45) is 5.92 Å². The van der Waals surface area contributed by atoms with Gasteiger partial charge in [0, 0.05) is 19.7 Å². The average Bonchev–Trinajstić information content (AvgIpc) is 2.45. The summed E-state index contributed by atoms with van der Waals surface area (Å²) in [6.45, 7) is 12.0. The molecule has 1 saturated heterocycles. The molecule has 21 heavy (non-hydrogen) atoms. The van der Waals surface area contributed by atoms with E-state index in [4.69, 9.17) is 4.74 Å². The van der Waals surface area contributed by atoms with Gasteiger partial charge in [-0.3, -0.25) is 0 Å². The molecule has 0 radical (unpaired) electrons. The molecule has 0 atom stereocenters. The van der Waals surface area contributed by atoms with E-state index in [9.17, 15) is 4.79 Å². The first kappa shape index (κ1) is 18.2. The van der Waals surface area contributed by atoms with Gasteiger partial charge >= 0.3 is 6.03 Å². The summed E-state index contributed by atoms with van der Waals surface area (Å²) in [4.78, 5) is 14.1. The van der Waals surface area contributed by atoms with Crippen LogP contribution in [0.2, 0.25) is 0 Å². The van der Waals surface area contributed by atoms with Crippen LogP contribution in [0.25, 0.3) is 0 Å². The van der Waals surface area contributed by atoms with Crippen LogP contribution < -0.4 is 10.6 Å². The van der Waals surface area contributed by atoms with E-state index in [-0.39, 0.29) is 12.1 Å². The first-order valence-corrected chi connectivity index (χ1v) is 8.43. The lowest BCUT2D eigenvalue weighted by atomic mass is 9.99. The van der Waals surface area contributed by atoms with Crippen LogP contribution in [-0.4, -0.2) is 56.4 Å². The lowest BCUT2D eigenvalue weighted by molar-refractivity contribution is 0.0774. The van der Waals surface area contributed by atoms with Crippen molar-refractivity contribution >= 4 is 6.03 Å². The normalized spacial score (nSPS) is 17.1. The van der Waals surface area contributed by atoms with Crippen molar-refractivity contribution in [2.75, 3.05) is 39.3 Å². The molecule has 0 unspecified atom stereocenters. The van der Waals surface area contributed by atoms with E-state index in [1.54, 1.807) is 0 Å². The van der Waals surface area contributed by atoms with Crippen molar-refractivity contribution in [1.29, 1.82) is 0 Å². The highest BCUT2D eigenvalue weighted by Gasteiger charge is 2.14. The summed E-state index contributed by atoms with van der Waals surface area (Å²) in [5.74, 6) is 0.879. The monoisotopic (exact) mass is 299 g/mol. The first-order chi connectivity index (χ1) is 10.1. The number of hydrogen-bond donors (Lipinski definition) is 2. The molecule has 2 N–H and O–H groups in total. The Bertz CT molecular complexity index is 277. The number of carbonyl (C=O) groups excluding carboxylic acids is 1. The third kappa shape index (κ3) is 9.69. The van der Waals surface area contributed by atoms with Gasteiger partial charge in [-0.05, 0) is 65.1 Å². The van der Waals surface area contributed by atoms with E-state index >= 15 is 0 Å². The van der Waals surface area contributed by atoms with E-state index in [0.29, 0.717) is 13.2 Å². The minimum Gasteiger partial charge on any atom is -0.379 e. The van der Waals surface area contributed by atoms with Gasteiger partial charge in [0.1, 0.15) is 0 Å². The predicted molar refractivity (Wildman–Crippen MR) is 86.6 cm³/mol. The van der Waals surface area contributed by atoms with Gasteiger partial charge in [0.25, 0.3) is 0 Å². The predicted octanol–water partition coefficient (Wildman–Crippen LogP) is 2.22. The van der Waals surface area contributed by atoms with E-state index in [2.05, 4.69) is 22.5 Å². The molecule has 0 aliphatic carbocycles. The van der Waals surface area contributed by atoms with Crippen molar-refractivity contribution in [3.63, 3.8) is 0 Å². The third-order valence-electron chi connectivity index (χ3n) is 3.87. The van der Waals surface area contributed by atoms with Gasteiger partial charge < -0.3 is 20.3 Å². The largest absolute Gasteiger partial charge is 0.379 e. The van der Waals surface area contributed by atoms with Crippen LogP contribution in [0.4, 0.5) is 4.79 Å². The van der Waals surface area contributed by atoms with Gasteiger partial charge in [0.15, 0.2) is 0 Å². The molecule has 1 aliphatic rings. The molecule has 0 spiro atoms. The molecule has 2 amide bonds. The zero-order valence-electron chi connectivity index (χ0n) is 14.0. The molecule has 0 aromatic carbocycles. The molecule has 0 aromatic rings. The van der Waals surface area contributed by atoms with Gasteiger partial charge in [0.2, 0.25) is 0 Å². The van der Waals surface area contributed by atoms with Crippen molar-refractivity contribution in [1.82, 2.24) is 15.5 Å². The van der Waals surface area contributed by atoms with Gasteiger partial charge in [0.05, 0.1) is 6.10 Å². The van der Waals surface area contributed by atoms with Crippen LogP contribution >= 0.6 is 0 Å². The quantitative estimate of drug-likeness (QED) is 0.642. The Kier molecular flexibility index (Phi) is 9.42. The molecule has 1 heterocycles. The number of rotatable bonds is 9.